The van der Waals surface area contributed by atoms with E-state index in [1.165, 1.54) is 0 Å². The first-order valence-corrected chi connectivity index (χ1v) is 4.30. The van der Waals surface area contributed by atoms with Crippen LogP contribution in [-0.2, 0) is 11.2 Å². The molecule has 4 heteroatoms. The van der Waals surface area contributed by atoms with E-state index in [9.17, 15) is 4.79 Å². The number of nitrogen functional groups attached to an aromatic ring is 1. The lowest BCUT2D eigenvalue weighted by molar-refractivity contribution is -0.119. The van der Waals surface area contributed by atoms with Crippen molar-refractivity contribution in [1.82, 2.24) is 5.32 Å². The smallest absolute Gasteiger partial charge is 0.224 e. The van der Waals surface area contributed by atoms with Gasteiger partial charge in [-0.15, -0.1) is 0 Å². The van der Waals surface area contributed by atoms with E-state index in [0.717, 1.165) is 5.56 Å². The minimum Gasteiger partial charge on any atom is -0.495 e. The molecule has 1 amide bonds. The van der Waals surface area contributed by atoms with Gasteiger partial charge in [-0.2, -0.15) is 0 Å². The van der Waals surface area contributed by atoms with E-state index >= 15 is 0 Å². The number of nitrogens with one attached hydrogen (secondary N) is 1. The Labute approximate surface area is 83.1 Å². The molecule has 1 aromatic carbocycles. The molecule has 0 aliphatic heterocycles. The summed E-state index contributed by atoms with van der Waals surface area (Å²) >= 11 is 0. The summed E-state index contributed by atoms with van der Waals surface area (Å²) in [4.78, 5) is 11.1. The number of benzene rings is 1. The van der Waals surface area contributed by atoms with Gasteiger partial charge in [0.15, 0.2) is 0 Å². The van der Waals surface area contributed by atoms with Gasteiger partial charge >= 0.3 is 0 Å². The van der Waals surface area contributed by atoms with Gasteiger partial charge in [-0.1, -0.05) is 6.07 Å². The second kappa shape index (κ2) is 4.50. The van der Waals surface area contributed by atoms with Crippen molar-refractivity contribution in [2.24, 2.45) is 0 Å². The maximum atomic E-state index is 11.1. The molecule has 0 unspecified atom stereocenters. The Hall–Kier alpha value is -1.71. The average Bonchev–Trinajstić information content (AvgIpc) is 2.18. The molecule has 4 nitrogen and oxygen atoms in total. The molecule has 0 spiro atoms. The summed E-state index contributed by atoms with van der Waals surface area (Å²) in [7, 11) is 3.17. The number of likely N-dealkylation sites (N-methyl/N-ethyl adjacent to an activating group) is 1. The van der Waals surface area contributed by atoms with Gasteiger partial charge in [0.25, 0.3) is 0 Å². The van der Waals surface area contributed by atoms with Crippen molar-refractivity contribution < 1.29 is 9.53 Å². The first kappa shape index (κ1) is 10.4. The summed E-state index contributed by atoms with van der Waals surface area (Å²) in [5.74, 6) is 0.597. The molecule has 0 heterocycles. The third-order valence-electron chi connectivity index (χ3n) is 1.94. The van der Waals surface area contributed by atoms with Gasteiger partial charge in [0.05, 0.1) is 19.2 Å². The zero-order chi connectivity index (χ0) is 10.6. The van der Waals surface area contributed by atoms with Crippen LogP contribution in [-0.4, -0.2) is 20.1 Å². The first-order chi connectivity index (χ1) is 6.67. The molecule has 76 valence electrons. The molecule has 0 bridgehead atoms. The Morgan fingerprint density at radius 1 is 1.57 bits per heavy atom. The molecule has 0 radical (unpaired) electrons. The zero-order valence-electron chi connectivity index (χ0n) is 8.33. The fraction of sp³-hybridized carbons (Fsp3) is 0.300. The number of hydrogen-bond donors (Lipinski definition) is 2. The van der Waals surface area contributed by atoms with E-state index < -0.39 is 0 Å². The number of carbonyl (C=O) groups excluding carboxylic acids is 1. The third kappa shape index (κ3) is 2.39. The maximum Gasteiger partial charge on any atom is 0.224 e. The van der Waals surface area contributed by atoms with E-state index in [0.29, 0.717) is 17.9 Å². The molecule has 14 heavy (non-hydrogen) atoms. The molecule has 3 N–H and O–H groups in total. The summed E-state index contributed by atoms with van der Waals surface area (Å²) in [5, 5.41) is 2.55. The highest BCUT2D eigenvalue weighted by Gasteiger charge is 2.04. The van der Waals surface area contributed by atoms with Gasteiger partial charge in [0.2, 0.25) is 5.91 Å². The quantitative estimate of drug-likeness (QED) is 0.691. The van der Waals surface area contributed by atoms with Crippen LogP contribution in [0.4, 0.5) is 5.69 Å². The van der Waals surface area contributed by atoms with Gasteiger partial charge in [-0.05, 0) is 17.7 Å². The molecule has 0 atom stereocenters. The van der Waals surface area contributed by atoms with Crippen molar-refractivity contribution in [3.05, 3.63) is 23.8 Å². The predicted octanol–water partition coefficient (Wildman–Crippen LogP) is 0.566. The van der Waals surface area contributed by atoms with Crippen LogP contribution in [0.5, 0.6) is 5.75 Å². The number of anilines is 1. The predicted molar refractivity (Wildman–Crippen MR) is 55.2 cm³/mol. The highest BCUT2D eigenvalue weighted by molar-refractivity contribution is 5.78. The Bertz CT molecular complexity index is 337. The van der Waals surface area contributed by atoms with E-state index in [1.54, 1.807) is 26.3 Å². The van der Waals surface area contributed by atoms with E-state index in [2.05, 4.69) is 5.32 Å². The molecule has 1 aromatic rings. The second-order valence-electron chi connectivity index (χ2n) is 2.93. The van der Waals surface area contributed by atoms with Gasteiger partial charge in [-0.3, -0.25) is 4.79 Å². The van der Waals surface area contributed by atoms with Crippen molar-refractivity contribution in [2.75, 3.05) is 19.9 Å². The molecular weight excluding hydrogens is 180 g/mol. The molecule has 0 aromatic heterocycles. The van der Waals surface area contributed by atoms with E-state index in [-0.39, 0.29) is 5.91 Å². The zero-order valence-corrected chi connectivity index (χ0v) is 8.33. The number of methoxy groups -OCH3 is 1. The van der Waals surface area contributed by atoms with Crippen LogP contribution in [0.2, 0.25) is 0 Å². The molecule has 1 rings (SSSR count). The monoisotopic (exact) mass is 194 g/mol. The summed E-state index contributed by atoms with van der Waals surface area (Å²) in [6.45, 7) is 0. The number of rotatable bonds is 3. The Morgan fingerprint density at radius 3 is 2.79 bits per heavy atom. The van der Waals surface area contributed by atoms with E-state index in [4.69, 9.17) is 10.5 Å². The fourth-order valence-corrected chi connectivity index (χ4v) is 1.17. The SMILES string of the molecule is CNC(=O)Cc1ccc(OC)c(N)c1. The molecule has 0 saturated heterocycles. The molecular formula is C10H14N2O2. The lowest BCUT2D eigenvalue weighted by Gasteiger charge is -2.06. The summed E-state index contributed by atoms with van der Waals surface area (Å²) < 4.78 is 5.01. The minimum atomic E-state index is -0.0328. The molecule has 0 fully saturated rings. The third-order valence-corrected chi connectivity index (χ3v) is 1.94. The average molecular weight is 194 g/mol. The largest absolute Gasteiger partial charge is 0.495 e. The number of amides is 1. The highest BCUT2D eigenvalue weighted by atomic mass is 16.5. The van der Waals surface area contributed by atoms with Crippen molar-refractivity contribution in [3.63, 3.8) is 0 Å². The van der Waals surface area contributed by atoms with Crippen LogP contribution in [0, 0.1) is 0 Å². The first-order valence-electron chi connectivity index (χ1n) is 4.30. The van der Waals surface area contributed by atoms with Crippen LogP contribution in [0.15, 0.2) is 18.2 Å². The Morgan fingerprint density at radius 2 is 2.29 bits per heavy atom. The number of ether oxygens (including phenoxy) is 1. The molecule has 0 saturated carbocycles. The van der Waals surface area contributed by atoms with Crippen molar-refractivity contribution in [1.29, 1.82) is 0 Å². The van der Waals surface area contributed by atoms with Gasteiger partial charge in [0, 0.05) is 7.05 Å². The van der Waals surface area contributed by atoms with Crippen molar-refractivity contribution in [3.8, 4) is 5.75 Å². The highest BCUT2D eigenvalue weighted by Crippen LogP contribution is 2.21. The lowest BCUT2D eigenvalue weighted by atomic mass is 10.1. The van der Waals surface area contributed by atoms with Crippen LogP contribution in [0.1, 0.15) is 5.56 Å². The van der Waals surface area contributed by atoms with Gasteiger partial charge in [0.1, 0.15) is 5.75 Å². The number of nitrogens with two attached hydrogens (primary N) is 1. The van der Waals surface area contributed by atoms with Crippen molar-refractivity contribution >= 4 is 11.6 Å². The van der Waals surface area contributed by atoms with Gasteiger partial charge < -0.3 is 15.8 Å². The van der Waals surface area contributed by atoms with Gasteiger partial charge in [-0.25, -0.2) is 0 Å². The van der Waals surface area contributed by atoms with E-state index in [1.807, 2.05) is 6.07 Å². The minimum absolute atomic E-state index is 0.0328. The lowest BCUT2D eigenvalue weighted by Crippen LogP contribution is -2.19. The summed E-state index contributed by atoms with van der Waals surface area (Å²) in [6.07, 6.45) is 0.338. The van der Waals surface area contributed by atoms with Crippen LogP contribution < -0.4 is 15.8 Å². The Kier molecular flexibility index (Phi) is 3.34. The van der Waals surface area contributed by atoms with Crippen LogP contribution in [0.25, 0.3) is 0 Å². The topological polar surface area (TPSA) is 64.3 Å². The van der Waals surface area contributed by atoms with Crippen molar-refractivity contribution in [2.45, 2.75) is 6.42 Å². The Balaban J connectivity index is 2.81. The number of carbonyl (C=O) groups is 1. The summed E-state index contributed by atoms with van der Waals surface area (Å²) in [5.41, 5.74) is 7.12. The number of hydrogen-bond acceptors (Lipinski definition) is 3. The second-order valence-corrected chi connectivity index (χ2v) is 2.93. The van der Waals surface area contributed by atoms with Crippen LogP contribution >= 0.6 is 0 Å². The maximum absolute atomic E-state index is 11.1. The van der Waals surface area contributed by atoms with Crippen LogP contribution in [0.3, 0.4) is 0 Å². The molecule has 0 aliphatic carbocycles. The molecule has 0 aliphatic rings. The normalized spacial score (nSPS) is 9.57. The summed E-state index contributed by atoms with van der Waals surface area (Å²) in [6, 6.07) is 5.33. The standard InChI is InChI=1S/C10H14N2O2/c1-12-10(13)6-7-3-4-9(14-2)8(11)5-7/h3-5H,6,11H2,1-2H3,(H,12,13). The fourth-order valence-electron chi connectivity index (χ4n) is 1.17.